The van der Waals surface area contributed by atoms with Gasteiger partial charge < -0.3 is 14.5 Å². The highest BCUT2D eigenvalue weighted by molar-refractivity contribution is 7.92. The molecule has 0 aliphatic rings. The second kappa shape index (κ2) is 13.6. The number of hydrazone groups is 1. The standard InChI is InChI=1S/C31H32N4O6S/c1-22-7-14-28(15-8-22)42(38,39)35(29-17-23(2)6-9-24(29)3)20-30(36)34-33-18-25-10-12-26(13-11-25)41-21-31(37)32-19-27-5-4-16-40-27/h4-18H,19-21H2,1-3H3,(H,32,37)(H,34,36)/b33-18-. The second-order valence-electron chi connectivity index (χ2n) is 9.62. The van der Waals surface area contributed by atoms with Crippen molar-refractivity contribution >= 4 is 33.7 Å². The predicted octanol–water partition coefficient (Wildman–Crippen LogP) is 4.25. The molecule has 0 aliphatic carbocycles. The monoisotopic (exact) mass is 588 g/mol. The van der Waals surface area contributed by atoms with Crippen LogP contribution < -0.4 is 19.8 Å². The van der Waals surface area contributed by atoms with E-state index in [4.69, 9.17) is 9.15 Å². The molecule has 11 heteroatoms. The molecule has 218 valence electrons. The highest BCUT2D eigenvalue weighted by atomic mass is 32.2. The summed E-state index contributed by atoms with van der Waals surface area (Å²) in [6.45, 7) is 5.17. The van der Waals surface area contributed by atoms with Crippen molar-refractivity contribution in [3.05, 3.63) is 113 Å². The maximum absolute atomic E-state index is 13.6. The van der Waals surface area contributed by atoms with Crippen LogP contribution in [0.4, 0.5) is 5.69 Å². The number of nitrogens with zero attached hydrogens (tertiary/aromatic N) is 2. The number of hydrogen-bond acceptors (Lipinski definition) is 7. The zero-order valence-electron chi connectivity index (χ0n) is 23.5. The fourth-order valence-electron chi connectivity index (χ4n) is 3.92. The van der Waals surface area contributed by atoms with Gasteiger partial charge in [-0.25, -0.2) is 13.8 Å². The molecule has 0 saturated heterocycles. The van der Waals surface area contributed by atoms with Gasteiger partial charge in [0.15, 0.2) is 6.61 Å². The largest absolute Gasteiger partial charge is 0.484 e. The van der Waals surface area contributed by atoms with Crippen LogP contribution in [-0.4, -0.2) is 39.6 Å². The van der Waals surface area contributed by atoms with Crippen LogP contribution in [0, 0.1) is 20.8 Å². The van der Waals surface area contributed by atoms with Gasteiger partial charge in [0.05, 0.1) is 29.6 Å². The smallest absolute Gasteiger partial charge is 0.264 e. The molecule has 2 N–H and O–H groups in total. The van der Waals surface area contributed by atoms with E-state index in [1.807, 2.05) is 26.0 Å². The Kier molecular flexibility index (Phi) is 9.77. The molecule has 0 radical (unpaired) electrons. The number of ether oxygens (including phenoxy) is 1. The number of carbonyl (C=O) groups is 2. The van der Waals surface area contributed by atoms with Crippen molar-refractivity contribution in [2.24, 2.45) is 5.10 Å². The molecule has 3 aromatic carbocycles. The summed E-state index contributed by atoms with van der Waals surface area (Å²) in [6.07, 6.45) is 2.96. The van der Waals surface area contributed by atoms with E-state index in [9.17, 15) is 18.0 Å². The Balaban J connectivity index is 1.36. The Labute approximate surface area is 245 Å². The average Bonchev–Trinajstić information content (AvgIpc) is 3.50. The Morgan fingerprint density at radius 1 is 0.929 bits per heavy atom. The van der Waals surface area contributed by atoms with E-state index < -0.39 is 22.5 Å². The second-order valence-corrected chi connectivity index (χ2v) is 11.5. The van der Waals surface area contributed by atoms with Gasteiger partial charge in [0, 0.05) is 0 Å². The van der Waals surface area contributed by atoms with Gasteiger partial charge in [-0.2, -0.15) is 5.10 Å². The Hall–Kier alpha value is -4.90. The Morgan fingerprint density at radius 3 is 2.33 bits per heavy atom. The van der Waals surface area contributed by atoms with Gasteiger partial charge >= 0.3 is 0 Å². The third kappa shape index (κ3) is 8.07. The summed E-state index contributed by atoms with van der Waals surface area (Å²) < 4.78 is 39.0. The highest BCUT2D eigenvalue weighted by Gasteiger charge is 2.28. The molecule has 0 atom stereocenters. The van der Waals surface area contributed by atoms with Crippen LogP contribution in [0.25, 0.3) is 0 Å². The van der Waals surface area contributed by atoms with Gasteiger partial charge in [-0.3, -0.25) is 13.9 Å². The van der Waals surface area contributed by atoms with Crippen molar-refractivity contribution in [2.75, 3.05) is 17.5 Å². The van der Waals surface area contributed by atoms with E-state index in [0.717, 1.165) is 15.4 Å². The molecule has 1 aromatic heterocycles. The minimum Gasteiger partial charge on any atom is -0.484 e. The van der Waals surface area contributed by atoms with Crippen LogP contribution in [0.1, 0.15) is 28.0 Å². The molecule has 0 bridgehead atoms. The summed E-state index contributed by atoms with van der Waals surface area (Å²) in [4.78, 5) is 24.9. The minimum atomic E-state index is -4.04. The van der Waals surface area contributed by atoms with E-state index in [1.165, 1.54) is 24.6 Å². The highest BCUT2D eigenvalue weighted by Crippen LogP contribution is 2.28. The number of furan rings is 1. The number of anilines is 1. The minimum absolute atomic E-state index is 0.0858. The van der Waals surface area contributed by atoms with E-state index in [0.29, 0.717) is 28.3 Å². The maximum atomic E-state index is 13.6. The molecular formula is C31H32N4O6S. The molecule has 0 fully saturated rings. The maximum Gasteiger partial charge on any atom is 0.264 e. The molecule has 2 amide bonds. The molecule has 10 nitrogen and oxygen atoms in total. The summed E-state index contributed by atoms with van der Waals surface area (Å²) in [7, 11) is -4.04. The molecule has 0 spiro atoms. The van der Waals surface area contributed by atoms with E-state index in [-0.39, 0.29) is 24.0 Å². The van der Waals surface area contributed by atoms with Crippen LogP contribution in [-0.2, 0) is 26.2 Å². The van der Waals surface area contributed by atoms with Crippen molar-refractivity contribution in [2.45, 2.75) is 32.2 Å². The zero-order chi connectivity index (χ0) is 30.1. The summed E-state index contributed by atoms with van der Waals surface area (Å²) in [5, 5.41) is 6.68. The quantitative estimate of drug-likeness (QED) is 0.188. The number of amides is 2. The van der Waals surface area contributed by atoms with E-state index >= 15 is 0 Å². The first kappa shape index (κ1) is 30.1. The Morgan fingerprint density at radius 2 is 1.64 bits per heavy atom. The fraction of sp³-hybridized carbons (Fsp3) is 0.194. The van der Waals surface area contributed by atoms with Crippen molar-refractivity contribution in [1.29, 1.82) is 0 Å². The third-order valence-corrected chi connectivity index (χ3v) is 8.00. The van der Waals surface area contributed by atoms with Crippen LogP contribution in [0.15, 0.2) is 99.5 Å². The molecule has 4 rings (SSSR count). The van der Waals surface area contributed by atoms with Crippen LogP contribution in [0.5, 0.6) is 5.75 Å². The number of nitrogens with one attached hydrogen (secondary N) is 2. The first-order valence-electron chi connectivity index (χ1n) is 13.1. The SMILES string of the molecule is Cc1ccc(S(=O)(=O)N(CC(=O)N/N=C\c2ccc(OCC(=O)NCc3ccco3)cc2)c2cc(C)ccc2C)cc1. The predicted molar refractivity (Wildman–Crippen MR) is 160 cm³/mol. The molecule has 1 heterocycles. The number of hydrogen-bond donors (Lipinski definition) is 2. The van der Waals surface area contributed by atoms with Crippen molar-refractivity contribution in [3.8, 4) is 5.75 Å². The number of rotatable bonds is 12. The topological polar surface area (TPSA) is 130 Å². The molecule has 0 unspecified atom stereocenters. The van der Waals surface area contributed by atoms with E-state index in [1.54, 1.807) is 61.5 Å². The molecular weight excluding hydrogens is 556 g/mol. The molecule has 42 heavy (non-hydrogen) atoms. The normalized spacial score (nSPS) is 11.3. The van der Waals surface area contributed by atoms with Crippen LogP contribution in [0.2, 0.25) is 0 Å². The van der Waals surface area contributed by atoms with Gasteiger partial charge in [0.25, 0.3) is 21.8 Å². The van der Waals surface area contributed by atoms with Gasteiger partial charge in [0.2, 0.25) is 0 Å². The summed E-state index contributed by atoms with van der Waals surface area (Å²) in [5.74, 6) is 0.224. The fourth-order valence-corrected chi connectivity index (χ4v) is 5.40. The molecule has 0 saturated carbocycles. The number of benzene rings is 3. The lowest BCUT2D eigenvalue weighted by Crippen LogP contribution is -2.40. The lowest BCUT2D eigenvalue weighted by molar-refractivity contribution is -0.123. The van der Waals surface area contributed by atoms with Crippen molar-refractivity contribution in [1.82, 2.24) is 10.7 Å². The number of sulfonamides is 1. The summed E-state index contributed by atoms with van der Waals surface area (Å²) in [6, 6.07) is 22.2. The first-order valence-corrected chi connectivity index (χ1v) is 14.6. The van der Waals surface area contributed by atoms with Crippen molar-refractivity contribution < 1.29 is 27.2 Å². The van der Waals surface area contributed by atoms with Gasteiger partial charge in [0.1, 0.15) is 18.1 Å². The van der Waals surface area contributed by atoms with Gasteiger partial charge in [-0.1, -0.05) is 29.8 Å². The average molecular weight is 589 g/mol. The Bertz CT molecular complexity index is 1650. The summed E-state index contributed by atoms with van der Waals surface area (Å²) >= 11 is 0. The summed E-state index contributed by atoms with van der Waals surface area (Å²) in [5.41, 5.74) is 5.98. The number of aryl methyl sites for hydroxylation is 3. The lowest BCUT2D eigenvalue weighted by atomic mass is 10.1. The van der Waals surface area contributed by atoms with Crippen LogP contribution in [0.3, 0.4) is 0 Å². The lowest BCUT2D eigenvalue weighted by Gasteiger charge is -2.25. The number of carbonyl (C=O) groups excluding carboxylic acids is 2. The molecule has 0 aliphatic heterocycles. The van der Waals surface area contributed by atoms with Gasteiger partial charge in [-0.05, 0) is 92.1 Å². The van der Waals surface area contributed by atoms with Crippen LogP contribution >= 0.6 is 0 Å². The zero-order valence-corrected chi connectivity index (χ0v) is 24.4. The van der Waals surface area contributed by atoms with E-state index in [2.05, 4.69) is 15.8 Å². The van der Waals surface area contributed by atoms with Crippen molar-refractivity contribution in [3.63, 3.8) is 0 Å². The molecule has 4 aromatic rings. The third-order valence-electron chi connectivity index (χ3n) is 6.22. The van der Waals surface area contributed by atoms with Gasteiger partial charge in [-0.15, -0.1) is 0 Å². The first-order chi connectivity index (χ1) is 20.1.